The van der Waals surface area contributed by atoms with E-state index in [0.717, 1.165) is 10.9 Å². The standard InChI is InChI=1S/C16H19N3O4/c1-17-13(16(22)23)6-7-15(21)19-14(9-20)11-8-18-12-5-3-2-4-10(11)12/h2-5,8-9,13-14,17-18H,6-7H2,1H3,(H,19,21)(H,22,23). The summed E-state index contributed by atoms with van der Waals surface area (Å²) in [4.78, 5) is 37.3. The molecule has 23 heavy (non-hydrogen) atoms. The number of aromatic nitrogens is 1. The number of hydrogen-bond acceptors (Lipinski definition) is 4. The third-order valence-corrected chi connectivity index (χ3v) is 3.72. The third kappa shape index (κ3) is 3.95. The molecule has 122 valence electrons. The van der Waals surface area contributed by atoms with Gasteiger partial charge in [-0.15, -0.1) is 0 Å². The number of aliphatic carboxylic acids is 1. The molecule has 0 spiro atoms. The molecule has 0 radical (unpaired) electrons. The van der Waals surface area contributed by atoms with Gasteiger partial charge in [-0.3, -0.25) is 9.59 Å². The number of para-hydroxylation sites is 1. The molecule has 1 aromatic heterocycles. The largest absolute Gasteiger partial charge is 0.480 e. The molecule has 1 aromatic carbocycles. The minimum atomic E-state index is -1.01. The number of benzene rings is 1. The number of nitrogens with one attached hydrogen (secondary N) is 3. The van der Waals surface area contributed by atoms with Crippen LogP contribution in [0.1, 0.15) is 24.4 Å². The zero-order chi connectivity index (χ0) is 16.8. The van der Waals surface area contributed by atoms with Gasteiger partial charge in [-0.05, 0) is 19.5 Å². The van der Waals surface area contributed by atoms with Gasteiger partial charge in [-0.25, -0.2) is 0 Å². The number of hydrogen-bond donors (Lipinski definition) is 4. The molecule has 0 saturated carbocycles. The van der Waals surface area contributed by atoms with Crippen molar-refractivity contribution < 1.29 is 19.5 Å². The maximum atomic E-state index is 12.0. The van der Waals surface area contributed by atoms with Crippen molar-refractivity contribution in [1.82, 2.24) is 15.6 Å². The zero-order valence-corrected chi connectivity index (χ0v) is 12.7. The topological polar surface area (TPSA) is 111 Å². The summed E-state index contributed by atoms with van der Waals surface area (Å²) in [5, 5.41) is 15.0. The first-order valence-corrected chi connectivity index (χ1v) is 7.27. The molecular weight excluding hydrogens is 298 g/mol. The Balaban J connectivity index is 2.03. The molecule has 0 aliphatic carbocycles. The molecular formula is C16H19N3O4. The van der Waals surface area contributed by atoms with Crippen LogP contribution < -0.4 is 10.6 Å². The third-order valence-electron chi connectivity index (χ3n) is 3.72. The van der Waals surface area contributed by atoms with E-state index in [1.807, 2.05) is 24.3 Å². The molecule has 2 aromatic rings. The van der Waals surface area contributed by atoms with Gasteiger partial charge in [-0.2, -0.15) is 0 Å². The second-order valence-electron chi connectivity index (χ2n) is 5.19. The minimum absolute atomic E-state index is 0.0184. The first-order chi connectivity index (χ1) is 11.1. The number of carboxylic acids is 1. The van der Waals surface area contributed by atoms with Crippen molar-refractivity contribution in [3.05, 3.63) is 36.0 Å². The summed E-state index contributed by atoms with van der Waals surface area (Å²) in [6.45, 7) is 0. The number of fused-ring (bicyclic) bond motifs is 1. The van der Waals surface area contributed by atoms with Crippen molar-refractivity contribution >= 4 is 29.1 Å². The van der Waals surface area contributed by atoms with Gasteiger partial charge < -0.3 is 25.5 Å². The Morgan fingerprint density at radius 1 is 1.35 bits per heavy atom. The van der Waals surface area contributed by atoms with E-state index in [0.29, 0.717) is 11.8 Å². The number of aldehydes is 1. The summed E-state index contributed by atoms with van der Waals surface area (Å²) in [6, 6.07) is 5.92. The van der Waals surface area contributed by atoms with Gasteiger partial charge in [0, 0.05) is 29.1 Å². The summed E-state index contributed by atoms with van der Waals surface area (Å²) in [7, 11) is 1.52. The van der Waals surface area contributed by atoms with Gasteiger partial charge in [-0.1, -0.05) is 18.2 Å². The molecule has 4 N–H and O–H groups in total. The van der Waals surface area contributed by atoms with E-state index in [9.17, 15) is 14.4 Å². The predicted molar refractivity (Wildman–Crippen MR) is 85.0 cm³/mol. The normalized spacial score (nSPS) is 13.4. The Kier molecular flexibility index (Phi) is 5.48. The molecule has 2 rings (SSSR count). The Morgan fingerprint density at radius 3 is 2.74 bits per heavy atom. The van der Waals surface area contributed by atoms with E-state index in [-0.39, 0.29) is 18.7 Å². The molecule has 7 heteroatoms. The maximum Gasteiger partial charge on any atom is 0.320 e. The minimum Gasteiger partial charge on any atom is -0.480 e. The summed E-state index contributed by atoms with van der Waals surface area (Å²) in [5.41, 5.74) is 1.57. The second-order valence-corrected chi connectivity index (χ2v) is 5.19. The van der Waals surface area contributed by atoms with Crippen LogP contribution >= 0.6 is 0 Å². The lowest BCUT2D eigenvalue weighted by Crippen LogP contribution is -2.36. The number of carbonyl (C=O) groups excluding carboxylic acids is 2. The number of carbonyl (C=O) groups is 3. The Bertz CT molecular complexity index is 710. The predicted octanol–water partition coefficient (Wildman–Crippen LogP) is 0.977. The van der Waals surface area contributed by atoms with Crippen molar-refractivity contribution in [2.45, 2.75) is 24.9 Å². The van der Waals surface area contributed by atoms with E-state index >= 15 is 0 Å². The van der Waals surface area contributed by atoms with Crippen LogP contribution in [0.15, 0.2) is 30.5 Å². The summed E-state index contributed by atoms with van der Waals surface area (Å²) in [5.74, 6) is -1.38. The molecule has 2 atom stereocenters. The van der Waals surface area contributed by atoms with E-state index in [1.165, 1.54) is 7.05 Å². The maximum absolute atomic E-state index is 12.0. The van der Waals surface area contributed by atoms with Gasteiger partial charge >= 0.3 is 5.97 Å². The highest BCUT2D eigenvalue weighted by molar-refractivity contribution is 5.89. The SMILES string of the molecule is CNC(CCC(=O)NC(C=O)c1c[nH]c2ccccc12)C(=O)O. The Morgan fingerprint density at radius 2 is 2.09 bits per heavy atom. The summed E-state index contributed by atoms with van der Waals surface area (Å²) in [6.07, 6.45) is 2.53. The molecule has 0 aliphatic heterocycles. The number of likely N-dealkylation sites (N-methyl/N-ethyl adjacent to an activating group) is 1. The lowest BCUT2D eigenvalue weighted by molar-refractivity contribution is -0.139. The molecule has 0 fully saturated rings. The molecule has 2 unspecified atom stereocenters. The highest BCUT2D eigenvalue weighted by atomic mass is 16.4. The van der Waals surface area contributed by atoms with Crippen molar-refractivity contribution in [2.24, 2.45) is 0 Å². The highest BCUT2D eigenvalue weighted by Gasteiger charge is 2.20. The second kappa shape index (κ2) is 7.55. The molecule has 0 aliphatic rings. The Hall–Kier alpha value is -2.67. The van der Waals surface area contributed by atoms with Crippen molar-refractivity contribution in [3.63, 3.8) is 0 Å². The van der Waals surface area contributed by atoms with Crippen LogP contribution in [0.4, 0.5) is 0 Å². The number of carboxylic acid groups (broad SMARTS) is 1. The fraction of sp³-hybridized carbons (Fsp3) is 0.312. The number of H-pyrrole nitrogens is 1. The van der Waals surface area contributed by atoms with Gasteiger partial charge in [0.15, 0.2) is 0 Å². The molecule has 0 bridgehead atoms. The van der Waals surface area contributed by atoms with Crippen LogP contribution in [-0.2, 0) is 14.4 Å². The van der Waals surface area contributed by atoms with Crippen molar-refractivity contribution in [1.29, 1.82) is 0 Å². The lowest BCUT2D eigenvalue weighted by atomic mass is 10.1. The Labute approximate surface area is 133 Å². The van der Waals surface area contributed by atoms with Crippen LogP contribution in [0.2, 0.25) is 0 Å². The highest BCUT2D eigenvalue weighted by Crippen LogP contribution is 2.23. The quantitative estimate of drug-likeness (QED) is 0.542. The van der Waals surface area contributed by atoms with Crippen LogP contribution in [-0.4, -0.2) is 41.3 Å². The first kappa shape index (κ1) is 16.7. The lowest BCUT2D eigenvalue weighted by Gasteiger charge is -2.14. The summed E-state index contributed by atoms with van der Waals surface area (Å²) < 4.78 is 0. The van der Waals surface area contributed by atoms with Gasteiger partial charge in [0.05, 0.1) is 0 Å². The number of aromatic amines is 1. The van der Waals surface area contributed by atoms with Crippen molar-refractivity contribution in [2.75, 3.05) is 7.05 Å². The average Bonchev–Trinajstić information content (AvgIpc) is 2.97. The van der Waals surface area contributed by atoms with Gasteiger partial charge in [0.1, 0.15) is 18.4 Å². The number of amides is 1. The fourth-order valence-electron chi connectivity index (χ4n) is 2.45. The first-order valence-electron chi connectivity index (χ1n) is 7.27. The van der Waals surface area contributed by atoms with Gasteiger partial charge in [0.2, 0.25) is 5.91 Å². The van der Waals surface area contributed by atoms with Crippen LogP contribution in [0.25, 0.3) is 10.9 Å². The monoisotopic (exact) mass is 317 g/mol. The van der Waals surface area contributed by atoms with E-state index in [2.05, 4.69) is 15.6 Å². The van der Waals surface area contributed by atoms with Crippen LogP contribution in [0.5, 0.6) is 0 Å². The number of rotatable bonds is 8. The fourth-order valence-corrected chi connectivity index (χ4v) is 2.45. The molecule has 1 heterocycles. The van der Waals surface area contributed by atoms with Crippen LogP contribution in [0.3, 0.4) is 0 Å². The van der Waals surface area contributed by atoms with Crippen molar-refractivity contribution in [3.8, 4) is 0 Å². The van der Waals surface area contributed by atoms with E-state index in [1.54, 1.807) is 6.20 Å². The van der Waals surface area contributed by atoms with E-state index < -0.39 is 18.1 Å². The molecule has 7 nitrogen and oxygen atoms in total. The average molecular weight is 317 g/mol. The molecule has 1 amide bonds. The zero-order valence-electron chi connectivity index (χ0n) is 12.7. The summed E-state index contributed by atoms with van der Waals surface area (Å²) >= 11 is 0. The smallest absolute Gasteiger partial charge is 0.320 e. The van der Waals surface area contributed by atoms with E-state index in [4.69, 9.17) is 5.11 Å². The molecule has 0 saturated heterocycles. The van der Waals surface area contributed by atoms with Crippen LogP contribution in [0, 0.1) is 0 Å². The van der Waals surface area contributed by atoms with Gasteiger partial charge in [0.25, 0.3) is 0 Å².